The Bertz CT molecular complexity index is 860. The van der Waals surface area contributed by atoms with Crippen molar-refractivity contribution in [3.05, 3.63) is 59.4 Å². The van der Waals surface area contributed by atoms with Crippen LogP contribution >= 0.6 is 0 Å². The third-order valence-corrected chi connectivity index (χ3v) is 4.85. The molecule has 5 nitrogen and oxygen atoms in total. The van der Waals surface area contributed by atoms with E-state index in [4.69, 9.17) is 5.26 Å². The summed E-state index contributed by atoms with van der Waals surface area (Å²) in [5.74, 6) is -0.601. The standard InChI is InChI=1S/C16H16FN3O2S/c1-11(20-16-8-4-7-15(17)14(16)10-18)12-5-3-6-13(9-12)23(21,22)19-2/h3-9,11,19-20H,1-2H3. The number of sulfonamides is 1. The number of rotatable bonds is 5. The molecule has 120 valence electrons. The Morgan fingerprint density at radius 3 is 2.57 bits per heavy atom. The van der Waals surface area contributed by atoms with Gasteiger partial charge in [0.1, 0.15) is 17.4 Å². The van der Waals surface area contributed by atoms with E-state index >= 15 is 0 Å². The van der Waals surface area contributed by atoms with E-state index in [0.717, 1.165) is 0 Å². The Morgan fingerprint density at radius 1 is 1.22 bits per heavy atom. The first-order valence-corrected chi connectivity index (χ1v) is 8.36. The predicted molar refractivity (Wildman–Crippen MR) is 85.8 cm³/mol. The van der Waals surface area contributed by atoms with Crippen LogP contribution in [0.5, 0.6) is 0 Å². The molecular formula is C16H16FN3O2S. The molecule has 2 aromatic rings. The van der Waals surface area contributed by atoms with E-state index in [1.165, 1.54) is 31.3 Å². The maximum Gasteiger partial charge on any atom is 0.240 e. The van der Waals surface area contributed by atoms with E-state index in [1.54, 1.807) is 25.1 Å². The van der Waals surface area contributed by atoms with Crippen molar-refractivity contribution in [3.8, 4) is 6.07 Å². The third kappa shape index (κ3) is 3.67. The van der Waals surface area contributed by atoms with Crippen molar-refractivity contribution in [2.45, 2.75) is 17.9 Å². The summed E-state index contributed by atoms with van der Waals surface area (Å²) in [7, 11) is -2.19. The van der Waals surface area contributed by atoms with Crippen LogP contribution in [0, 0.1) is 17.1 Å². The minimum absolute atomic E-state index is 0.0710. The van der Waals surface area contributed by atoms with Crippen LogP contribution in [-0.4, -0.2) is 15.5 Å². The van der Waals surface area contributed by atoms with Crippen LogP contribution in [0.3, 0.4) is 0 Å². The summed E-state index contributed by atoms with van der Waals surface area (Å²) in [4.78, 5) is 0.144. The Morgan fingerprint density at radius 2 is 1.91 bits per heavy atom. The van der Waals surface area contributed by atoms with Crippen LogP contribution in [0.4, 0.5) is 10.1 Å². The first kappa shape index (κ1) is 16.9. The molecule has 0 aliphatic carbocycles. The Labute approximate surface area is 134 Å². The fraction of sp³-hybridized carbons (Fsp3) is 0.188. The fourth-order valence-corrected chi connectivity index (χ4v) is 2.93. The van der Waals surface area contributed by atoms with Crippen molar-refractivity contribution < 1.29 is 12.8 Å². The maximum absolute atomic E-state index is 13.6. The van der Waals surface area contributed by atoms with Crippen molar-refractivity contribution in [1.82, 2.24) is 4.72 Å². The van der Waals surface area contributed by atoms with Crippen LogP contribution in [0.15, 0.2) is 47.4 Å². The molecule has 0 aromatic heterocycles. The lowest BCUT2D eigenvalue weighted by Gasteiger charge is -2.17. The van der Waals surface area contributed by atoms with E-state index in [9.17, 15) is 12.8 Å². The molecule has 0 aliphatic heterocycles. The highest BCUT2D eigenvalue weighted by Gasteiger charge is 2.15. The van der Waals surface area contributed by atoms with Gasteiger partial charge in [-0.25, -0.2) is 17.5 Å². The number of hydrogen-bond acceptors (Lipinski definition) is 4. The lowest BCUT2D eigenvalue weighted by Crippen LogP contribution is -2.19. The largest absolute Gasteiger partial charge is 0.377 e. The molecule has 0 fully saturated rings. The molecule has 0 bridgehead atoms. The number of benzene rings is 2. The lowest BCUT2D eigenvalue weighted by atomic mass is 10.1. The highest BCUT2D eigenvalue weighted by molar-refractivity contribution is 7.89. The van der Waals surface area contributed by atoms with Crippen molar-refractivity contribution in [3.63, 3.8) is 0 Å². The quantitative estimate of drug-likeness (QED) is 0.881. The summed E-state index contributed by atoms with van der Waals surface area (Å²) in [5.41, 5.74) is 0.995. The minimum Gasteiger partial charge on any atom is -0.377 e. The van der Waals surface area contributed by atoms with Gasteiger partial charge in [0.2, 0.25) is 10.0 Å². The Kier molecular flexibility index (Phi) is 4.98. The summed E-state index contributed by atoms with van der Waals surface area (Å²) in [5, 5.41) is 12.1. The highest BCUT2D eigenvalue weighted by Crippen LogP contribution is 2.25. The smallest absolute Gasteiger partial charge is 0.240 e. The van der Waals surface area contributed by atoms with Gasteiger partial charge in [-0.3, -0.25) is 0 Å². The molecule has 1 unspecified atom stereocenters. The van der Waals surface area contributed by atoms with E-state index in [2.05, 4.69) is 10.0 Å². The molecule has 0 amide bonds. The number of nitriles is 1. The van der Waals surface area contributed by atoms with Crippen LogP contribution in [0.1, 0.15) is 24.1 Å². The molecule has 0 aliphatic rings. The zero-order valence-electron chi connectivity index (χ0n) is 12.7. The topological polar surface area (TPSA) is 82.0 Å². The lowest BCUT2D eigenvalue weighted by molar-refractivity contribution is 0.588. The molecule has 2 N–H and O–H groups in total. The predicted octanol–water partition coefficient (Wildman–Crippen LogP) is 2.78. The van der Waals surface area contributed by atoms with Crippen LogP contribution in [0.25, 0.3) is 0 Å². The summed E-state index contributed by atoms with van der Waals surface area (Å²) in [6.07, 6.45) is 0. The molecule has 23 heavy (non-hydrogen) atoms. The summed E-state index contributed by atoms with van der Waals surface area (Å²) in [6.45, 7) is 1.80. The molecular weight excluding hydrogens is 317 g/mol. The second-order valence-electron chi connectivity index (χ2n) is 4.92. The van der Waals surface area contributed by atoms with Crippen LogP contribution < -0.4 is 10.0 Å². The van der Waals surface area contributed by atoms with Crippen LogP contribution in [-0.2, 0) is 10.0 Å². The molecule has 0 heterocycles. The SMILES string of the molecule is CNS(=O)(=O)c1cccc(C(C)Nc2cccc(F)c2C#N)c1. The molecule has 0 radical (unpaired) electrons. The van der Waals surface area contributed by atoms with Gasteiger partial charge in [0.25, 0.3) is 0 Å². The van der Waals surface area contributed by atoms with Gasteiger partial charge >= 0.3 is 0 Å². The Hall–Kier alpha value is -2.43. The second kappa shape index (κ2) is 6.77. The number of hydrogen-bond donors (Lipinski definition) is 2. The van der Waals surface area contributed by atoms with Gasteiger partial charge in [-0.05, 0) is 43.8 Å². The summed E-state index contributed by atoms with van der Waals surface area (Å²) >= 11 is 0. The van der Waals surface area contributed by atoms with E-state index < -0.39 is 15.8 Å². The van der Waals surface area contributed by atoms with Gasteiger partial charge in [0, 0.05) is 6.04 Å². The molecule has 0 saturated heterocycles. The normalized spacial score (nSPS) is 12.4. The first-order chi connectivity index (χ1) is 10.9. The molecule has 1 atom stereocenters. The maximum atomic E-state index is 13.6. The Balaban J connectivity index is 2.33. The molecule has 2 rings (SSSR count). The molecule has 2 aromatic carbocycles. The van der Waals surface area contributed by atoms with Gasteiger partial charge in [-0.1, -0.05) is 18.2 Å². The van der Waals surface area contributed by atoms with Crippen molar-refractivity contribution >= 4 is 15.7 Å². The number of anilines is 1. The molecule has 7 heteroatoms. The zero-order chi connectivity index (χ0) is 17.0. The number of nitrogens with one attached hydrogen (secondary N) is 2. The van der Waals surface area contributed by atoms with E-state index in [-0.39, 0.29) is 16.5 Å². The van der Waals surface area contributed by atoms with E-state index in [1.807, 2.05) is 6.07 Å². The summed E-state index contributed by atoms with van der Waals surface area (Å²) in [6, 6.07) is 12.3. The second-order valence-corrected chi connectivity index (χ2v) is 6.81. The average molecular weight is 333 g/mol. The van der Waals surface area contributed by atoms with Crippen molar-refractivity contribution in [1.29, 1.82) is 5.26 Å². The van der Waals surface area contributed by atoms with Gasteiger partial charge in [-0.2, -0.15) is 5.26 Å². The monoisotopic (exact) mass is 333 g/mol. The number of nitrogens with zero attached hydrogens (tertiary/aromatic N) is 1. The zero-order valence-corrected chi connectivity index (χ0v) is 13.5. The van der Waals surface area contributed by atoms with Gasteiger partial charge < -0.3 is 5.32 Å². The van der Waals surface area contributed by atoms with Gasteiger partial charge in [0.05, 0.1) is 10.6 Å². The molecule has 0 spiro atoms. The summed E-state index contributed by atoms with van der Waals surface area (Å²) < 4.78 is 39.6. The fourth-order valence-electron chi connectivity index (χ4n) is 2.14. The average Bonchev–Trinajstić information content (AvgIpc) is 2.55. The van der Waals surface area contributed by atoms with Gasteiger partial charge in [-0.15, -0.1) is 0 Å². The van der Waals surface area contributed by atoms with Crippen molar-refractivity contribution in [2.24, 2.45) is 0 Å². The first-order valence-electron chi connectivity index (χ1n) is 6.87. The van der Waals surface area contributed by atoms with Crippen molar-refractivity contribution in [2.75, 3.05) is 12.4 Å². The minimum atomic E-state index is -3.54. The van der Waals surface area contributed by atoms with Gasteiger partial charge in [0.15, 0.2) is 0 Å². The highest BCUT2D eigenvalue weighted by atomic mass is 32.2. The van der Waals surface area contributed by atoms with E-state index in [0.29, 0.717) is 11.3 Å². The molecule has 0 saturated carbocycles. The number of halogens is 1. The third-order valence-electron chi connectivity index (χ3n) is 3.43. The van der Waals surface area contributed by atoms with Crippen LogP contribution in [0.2, 0.25) is 0 Å².